The number of amides is 1. The molecular formula is C25H27F2NO5. The minimum atomic E-state index is -0.969. The van der Waals surface area contributed by atoms with Crippen LogP contribution in [0, 0.1) is 11.6 Å². The van der Waals surface area contributed by atoms with Gasteiger partial charge in [-0.25, -0.2) is 13.6 Å². The second kappa shape index (κ2) is 10.9. The maximum Gasteiger partial charge on any atom is 0.331 e. The summed E-state index contributed by atoms with van der Waals surface area (Å²) in [6.45, 7) is 1.95. The number of esters is 1. The lowest BCUT2D eigenvalue weighted by molar-refractivity contribution is -0.152. The van der Waals surface area contributed by atoms with Crippen LogP contribution in [0.2, 0.25) is 0 Å². The van der Waals surface area contributed by atoms with Gasteiger partial charge in [0, 0.05) is 12.1 Å². The first-order chi connectivity index (χ1) is 15.8. The Labute approximate surface area is 191 Å². The molecule has 0 heterocycles. The molecule has 8 heteroatoms. The molecule has 1 saturated carbocycles. The summed E-state index contributed by atoms with van der Waals surface area (Å²) >= 11 is 0. The number of ether oxygens (including phenoxy) is 3. The average molecular weight is 459 g/mol. The van der Waals surface area contributed by atoms with Crippen LogP contribution in [0.3, 0.4) is 0 Å². The fraction of sp³-hybridized carbons (Fsp3) is 0.360. The summed E-state index contributed by atoms with van der Waals surface area (Å²) in [6.07, 6.45) is 5.76. The number of rotatable bonds is 9. The van der Waals surface area contributed by atoms with E-state index < -0.39 is 29.0 Å². The Hall–Kier alpha value is -3.42. The molecule has 3 rings (SSSR count). The van der Waals surface area contributed by atoms with E-state index in [9.17, 15) is 18.4 Å². The van der Waals surface area contributed by atoms with Crippen molar-refractivity contribution in [3.05, 3.63) is 65.2 Å². The second-order valence-corrected chi connectivity index (χ2v) is 7.81. The number of hydrogen-bond acceptors (Lipinski definition) is 5. The van der Waals surface area contributed by atoms with Crippen LogP contribution >= 0.6 is 0 Å². The molecule has 1 amide bonds. The molecule has 0 aromatic heterocycles. The third-order valence-corrected chi connectivity index (χ3v) is 5.42. The van der Waals surface area contributed by atoms with Crippen LogP contribution in [0.5, 0.6) is 11.5 Å². The highest BCUT2D eigenvalue weighted by atomic mass is 19.1. The Morgan fingerprint density at radius 3 is 2.39 bits per heavy atom. The first kappa shape index (κ1) is 24.2. The minimum Gasteiger partial charge on any atom is -0.493 e. The van der Waals surface area contributed by atoms with E-state index in [0.29, 0.717) is 35.5 Å². The van der Waals surface area contributed by atoms with E-state index in [1.165, 1.54) is 25.3 Å². The van der Waals surface area contributed by atoms with Gasteiger partial charge in [0.05, 0.1) is 13.7 Å². The maximum atomic E-state index is 13.4. The van der Waals surface area contributed by atoms with Gasteiger partial charge >= 0.3 is 5.97 Å². The summed E-state index contributed by atoms with van der Waals surface area (Å²) < 4.78 is 42.8. The van der Waals surface area contributed by atoms with Gasteiger partial charge in [0.2, 0.25) is 5.91 Å². The quantitative estimate of drug-likeness (QED) is 0.440. The Kier molecular flexibility index (Phi) is 8.03. The number of hydrogen-bond donors (Lipinski definition) is 1. The fourth-order valence-corrected chi connectivity index (χ4v) is 3.84. The van der Waals surface area contributed by atoms with Crippen molar-refractivity contribution in [2.24, 2.45) is 0 Å². The van der Waals surface area contributed by atoms with Gasteiger partial charge in [0.15, 0.2) is 11.5 Å². The number of carbonyl (C=O) groups is 2. The van der Waals surface area contributed by atoms with Crippen molar-refractivity contribution in [2.75, 3.05) is 13.7 Å². The van der Waals surface area contributed by atoms with Crippen LogP contribution in [0.25, 0.3) is 6.08 Å². The molecule has 1 N–H and O–H groups in total. The zero-order chi connectivity index (χ0) is 23.8. The summed E-state index contributed by atoms with van der Waals surface area (Å²) in [7, 11) is 1.47. The number of methoxy groups -OCH3 is 1. The topological polar surface area (TPSA) is 73.9 Å². The zero-order valence-corrected chi connectivity index (χ0v) is 18.7. The molecular weight excluding hydrogens is 432 g/mol. The molecule has 0 unspecified atom stereocenters. The van der Waals surface area contributed by atoms with Gasteiger partial charge in [-0.3, -0.25) is 4.79 Å². The van der Waals surface area contributed by atoms with Gasteiger partial charge in [-0.05, 0) is 61.2 Å². The fourth-order valence-electron chi connectivity index (χ4n) is 3.84. The standard InChI is InChI=1S/C25H27F2NO5/c1-3-32-24(30)25(10-4-5-11-25)28-23(29)9-7-17-6-8-21(22(14-17)31-2)33-16-18-12-19(26)15-20(27)13-18/h6-9,12-15H,3-5,10-11,16H2,1-2H3,(H,28,29). The van der Waals surface area contributed by atoms with E-state index in [1.807, 2.05) is 0 Å². The van der Waals surface area contributed by atoms with Crippen LogP contribution in [0.15, 0.2) is 42.5 Å². The average Bonchev–Trinajstić information content (AvgIpc) is 3.25. The molecule has 0 spiro atoms. The Morgan fingerprint density at radius 2 is 1.76 bits per heavy atom. The molecule has 0 radical (unpaired) electrons. The first-order valence-electron chi connectivity index (χ1n) is 10.8. The summed E-state index contributed by atoms with van der Waals surface area (Å²) in [6, 6.07) is 8.20. The van der Waals surface area contributed by atoms with E-state index in [1.54, 1.807) is 31.2 Å². The van der Waals surface area contributed by atoms with Crippen molar-refractivity contribution >= 4 is 18.0 Å². The van der Waals surface area contributed by atoms with E-state index >= 15 is 0 Å². The summed E-state index contributed by atoms with van der Waals surface area (Å²) in [5, 5.41) is 2.82. The van der Waals surface area contributed by atoms with Gasteiger partial charge in [-0.15, -0.1) is 0 Å². The number of carbonyl (C=O) groups excluding carboxylic acids is 2. The zero-order valence-electron chi connectivity index (χ0n) is 18.7. The molecule has 2 aromatic carbocycles. The Balaban J connectivity index is 1.66. The van der Waals surface area contributed by atoms with Crippen molar-refractivity contribution in [2.45, 2.75) is 44.8 Å². The van der Waals surface area contributed by atoms with E-state index in [2.05, 4.69) is 5.32 Å². The lowest BCUT2D eigenvalue weighted by Crippen LogP contribution is -2.52. The third kappa shape index (κ3) is 6.31. The molecule has 0 atom stereocenters. The van der Waals surface area contributed by atoms with Crippen LogP contribution < -0.4 is 14.8 Å². The molecule has 33 heavy (non-hydrogen) atoms. The van der Waals surface area contributed by atoms with E-state index in [-0.39, 0.29) is 13.2 Å². The highest BCUT2D eigenvalue weighted by Gasteiger charge is 2.43. The molecule has 1 aliphatic rings. The van der Waals surface area contributed by atoms with Gasteiger partial charge in [0.25, 0.3) is 0 Å². The predicted molar refractivity (Wildman–Crippen MR) is 119 cm³/mol. The number of benzene rings is 2. The monoisotopic (exact) mass is 459 g/mol. The molecule has 2 aromatic rings. The lowest BCUT2D eigenvalue weighted by atomic mass is 9.97. The van der Waals surface area contributed by atoms with Gasteiger partial charge in [0.1, 0.15) is 23.8 Å². The van der Waals surface area contributed by atoms with Crippen molar-refractivity contribution < 1.29 is 32.6 Å². The molecule has 176 valence electrons. The summed E-state index contributed by atoms with van der Waals surface area (Å²) in [5.41, 5.74) is 0.0452. The third-order valence-electron chi connectivity index (χ3n) is 5.42. The summed E-state index contributed by atoms with van der Waals surface area (Å²) in [5.74, 6) is -1.37. The molecule has 1 aliphatic carbocycles. The van der Waals surface area contributed by atoms with E-state index in [4.69, 9.17) is 14.2 Å². The smallest absolute Gasteiger partial charge is 0.331 e. The number of nitrogens with one attached hydrogen (secondary N) is 1. The lowest BCUT2D eigenvalue weighted by Gasteiger charge is -2.27. The summed E-state index contributed by atoms with van der Waals surface area (Å²) in [4.78, 5) is 24.9. The molecule has 1 fully saturated rings. The van der Waals surface area contributed by atoms with Crippen molar-refractivity contribution in [1.82, 2.24) is 5.32 Å². The minimum absolute atomic E-state index is 0.0431. The molecule has 0 aliphatic heterocycles. The van der Waals surface area contributed by atoms with Gasteiger partial charge in [-0.2, -0.15) is 0 Å². The largest absolute Gasteiger partial charge is 0.493 e. The maximum absolute atomic E-state index is 13.4. The highest BCUT2D eigenvalue weighted by Crippen LogP contribution is 2.32. The Morgan fingerprint density at radius 1 is 1.06 bits per heavy atom. The van der Waals surface area contributed by atoms with Crippen molar-refractivity contribution in [3.63, 3.8) is 0 Å². The highest BCUT2D eigenvalue weighted by molar-refractivity contribution is 5.96. The van der Waals surface area contributed by atoms with Crippen molar-refractivity contribution in [1.29, 1.82) is 0 Å². The normalized spacial score (nSPS) is 14.8. The second-order valence-electron chi connectivity index (χ2n) is 7.81. The molecule has 6 nitrogen and oxygen atoms in total. The van der Waals surface area contributed by atoms with Gasteiger partial charge < -0.3 is 19.5 Å². The first-order valence-corrected chi connectivity index (χ1v) is 10.8. The molecule has 0 saturated heterocycles. The van der Waals surface area contributed by atoms with E-state index in [0.717, 1.165) is 18.9 Å². The van der Waals surface area contributed by atoms with Crippen LogP contribution in [0.1, 0.15) is 43.7 Å². The SMILES string of the molecule is CCOC(=O)C1(NC(=O)C=Cc2ccc(OCc3cc(F)cc(F)c3)c(OC)c2)CCCC1. The predicted octanol–water partition coefficient (Wildman–Crippen LogP) is 4.56. The Bertz CT molecular complexity index is 1010. The van der Waals surface area contributed by atoms with Crippen molar-refractivity contribution in [3.8, 4) is 11.5 Å². The van der Waals surface area contributed by atoms with Crippen LogP contribution in [-0.2, 0) is 20.9 Å². The number of halogens is 2. The van der Waals surface area contributed by atoms with Gasteiger partial charge in [-0.1, -0.05) is 18.9 Å². The molecule has 0 bridgehead atoms. The van der Waals surface area contributed by atoms with Crippen LogP contribution in [-0.4, -0.2) is 31.1 Å². The van der Waals surface area contributed by atoms with Crippen LogP contribution in [0.4, 0.5) is 8.78 Å².